The monoisotopic (exact) mass is 357 g/mol. The van der Waals surface area contributed by atoms with Crippen LogP contribution in [0, 0.1) is 0 Å². The van der Waals surface area contributed by atoms with E-state index in [1.165, 1.54) is 12.5 Å². The second-order valence-electron chi connectivity index (χ2n) is 5.25. The molecule has 0 aliphatic heterocycles. The van der Waals surface area contributed by atoms with E-state index in [4.69, 9.17) is 19.6 Å². The van der Waals surface area contributed by atoms with Crippen LogP contribution in [0.2, 0.25) is 0 Å². The third-order valence-electron chi connectivity index (χ3n) is 3.34. The molecule has 1 rings (SSSR count). The first-order valence-electron chi connectivity index (χ1n) is 6.90. The summed E-state index contributed by atoms with van der Waals surface area (Å²) in [5.41, 5.74) is 0. The van der Waals surface area contributed by atoms with Gasteiger partial charge in [-0.15, -0.1) is 0 Å². The van der Waals surface area contributed by atoms with Crippen LogP contribution in [0.4, 0.5) is 0 Å². The Morgan fingerprint density at radius 1 is 1.09 bits per heavy atom. The van der Waals surface area contributed by atoms with Crippen LogP contribution < -0.4 is 4.57 Å². The van der Waals surface area contributed by atoms with Crippen molar-refractivity contribution in [2.75, 3.05) is 0 Å². The fraction of sp³-hybridized carbons (Fsp3) is 0.727. The molecule has 0 saturated carbocycles. The Hall–Kier alpha value is -0.530. The molecule has 0 unspecified atom stereocenters. The topological polar surface area (TPSA) is 144 Å². The van der Waals surface area contributed by atoms with Crippen molar-refractivity contribution < 1.29 is 38.4 Å². The normalized spacial score (nSPS) is 13.5. The second-order valence-corrected chi connectivity index (χ2v) is 9.26. The zero-order valence-corrected chi connectivity index (χ0v) is 14.1. The number of nitrogens with zero attached hydrogens (tertiary/aromatic N) is 2. The number of aromatic nitrogens is 2. The summed E-state index contributed by atoms with van der Waals surface area (Å²) in [5.74, 6) is 0. The summed E-state index contributed by atoms with van der Waals surface area (Å²) in [7, 11) is -10.9. The molecule has 1 heterocycles. The first-order valence-corrected chi connectivity index (χ1v) is 10.1. The minimum Gasteiger partial charge on any atom is -0.365 e. The van der Waals surface area contributed by atoms with Gasteiger partial charge in [0, 0.05) is 0 Å². The van der Waals surface area contributed by atoms with E-state index < -0.39 is 26.8 Å². The molecule has 0 bridgehead atoms. The summed E-state index contributed by atoms with van der Waals surface area (Å²) < 4.78 is 25.5. The molecule has 0 aliphatic carbocycles. The van der Waals surface area contributed by atoms with Gasteiger partial charge >= 0.3 is 20.3 Å². The van der Waals surface area contributed by atoms with Gasteiger partial charge in [-0.3, -0.25) is 9.13 Å². The van der Waals surface area contributed by atoms with Gasteiger partial charge in [0.05, 0.1) is 6.54 Å². The van der Waals surface area contributed by atoms with Crippen molar-refractivity contribution in [2.24, 2.45) is 0 Å². The van der Waals surface area contributed by atoms with Crippen LogP contribution in [0.3, 0.4) is 0 Å². The number of hydrogen-bond acceptors (Lipinski definition) is 3. The molecule has 0 aromatic carbocycles. The maximum atomic E-state index is 11.3. The number of unbranched alkanes of at least 4 members (excludes halogenated alkanes) is 3. The van der Waals surface area contributed by atoms with E-state index in [0.717, 1.165) is 30.3 Å². The molecule has 0 atom stereocenters. The fourth-order valence-electron chi connectivity index (χ4n) is 1.98. The SMILES string of the molecule is CCCCCC[n+]1ccn(CC(O)(P(=O)(O)O)P(=O)(O)O)c1. The van der Waals surface area contributed by atoms with Crippen molar-refractivity contribution in [2.45, 2.75) is 50.8 Å². The summed E-state index contributed by atoms with van der Waals surface area (Å²) in [6.45, 7) is 1.87. The van der Waals surface area contributed by atoms with Crippen LogP contribution in [0.25, 0.3) is 0 Å². The largest absolute Gasteiger partial charge is 0.373 e. The molecular formula is C11H23N2O7P2+. The van der Waals surface area contributed by atoms with Gasteiger partial charge < -0.3 is 24.7 Å². The Bertz CT molecular complexity index is 555. The second kappa shape index (κ2) is 7.36. The predicted octanol–water partition coefficient (Wildman–Crippen LogP) is 0.357. The number of aliphatic hydroxyl groups is 1. The predicted molar refractivity (Wildman–Crippen MR) is 77.8 cm³/mol. The molecular weight excluding hydrogens is 334 g/mol. The smallest absolute Gasteiger partial charge is 0.365 e. The fourth-order valence-corrected chi connectivity index (χ4v) is 4.04. The lowest BCUT2D eigenvalue weighted by atomic mass is 10.2. The Kier molecular flexibility index (Phi) is 6.53. The highest BCUT2D eigenvalue weighted by Crippen LogP contribution is 2.67. The van der Waals surface area contributed by atoms with Crippen LogP contribution in [0.15, 0.2) is 18.7 Å². The summed E-state index contributed by atoms with van der Waals surface area (Å²) in [6.07, 6.45) is 8.64. The van der Waals surface area contributed by atoms with E-state index in [1.54, 1.807) is 10.8 Å². The lowest BCUT2D eigenvalue weighted by Crippen LogP contribution is -2.35. The summed E-state index contributed by atoms with van der Waals surface area (Å²) in [5, 5.41) is 6.41. The van der Waals surface area contributed by atoms with E-state index in [2.05, 4.69) is 6.92 Å². The van der Waals surface area contributed by atoms with Gasteiger partial charge in [-0.2, -0.15) is 0 Å². The van der Waals surface area contributed by atoms with Gasteiger partial charge in [-0.05, 0) is 12.8 Å². The van der Waals surface area contributed by atoms with Gasteiger partial charge in [-0.25, -0.2) is 9.13 Å². The van der Waals surface area contributed by atoms with Crippen LogP contribution in [-0.2, 0) is 22.2 Å². The summed E-state index contributed by atoms with van der Waals surface area (Å²) in [4.78, 5) is 36.4. The minimum absolute atomic E-state index is 0.678. The molecule has 1 aromatic heterocycles. The average molecular weight is 357 g/mol. The molecule has 0 fully saturated rings. The van der Waals surface area contributed by atoms with E-state index >= 15 is 0 Å². The average Bonchev–Trinajstić information content (AvgIpc) is 2.79. The highest BCUT2D eigenvalue weighted by atomic mass is 31.2. The lowest BCUT2D eigenvalue weighted by Gasteiger charge is -2.27. The first kappa shape index (κ1) is 19.5. The van der Waals surface area contributed by atoms with Crippen LogP contribution in [0.5, 0.6) is 0 Å². The van der Waals surface area contributed by atoms with Gasteiger partial charge in [0.1, 0.15) is 18.9 Å². The van der Waals surface area contributed by atoms with Gasteiger partial charge in [0.25, 0.3) is 0 Å². The van der Waals surface area contributed by atoms with Crippen LogP contribution >= 0.6 is 15.2 Å². The Balaban J connectivity index is 2.83. The Morgan fingerprint density at radius 3 is 2.18 bits per heavy atom. The maximum Gasteiger partial charge on any atom is 0.373 e. The van der Waals surface area contributed by atoms with E-state index in [0.29, 0.717) is 6.54 Å². The molecule has 128 valence electrons. The van der Waals surface area contributed by atoms with Crippen molar-refractivity contribution in [1.29, 1.82) is 0 Å². The van der Waals surface area contributed by atoms with Crippen LogP contribution in [-0.4, -0.2) is 34.3 Å². The number of rotatable bonds is 9. The van der Waals surface area contributed by atoms with Crippen molar-refractivity contribution in [3.8, 4) is 0 Å². The molecule has 0 saturated heterocycles. The van der Waals surface area contributed by atoms with Crippen molar-refractivity contribution in [1.82, 2.24) is 4.57 Å². The molecule has 1 aromatic rings. The number of aryl methyl sites for hydroxylation is 1. The molecule has 0 radical (unpaired) electrons. The minimum atomic E-state index is -5.43. The molecule has 0 spiro atoms. The highest BCUT2D eigenvalue weighted by Gasteiger charge is 2.61. The Morgan fingerprint density at radius 2 is 1.68 bits per heavy atom. The quantitative estimate of drug-likeness (QED) is 0.244. The van der Waals surface area contributed by atoms with E-state index in [-0.39, 0.29) is 0 Å². The third kappa shape index (κ3) is 4.73. The number of hydrogen-bond donors (Lipinski definition) is 5. The van der Waals surface area contributed by atoms with Crippen molar-refractivity contribution in [3.63, 3.8) is 0 Å². The third-order valence-corrected chi connectivity index (χ3v) is 7.06. The maximum absolute atomic E-state index is 11.3. The number of imidazole rings is 1. The zero-order chi connectivity index (χ0) is 17.0. The van der Waals surface area contributed by atoms with Crippen LogP contribution in [0.1, 0.15) is 32.6 Å². The Labute approximate surface area is 128 Å². The van der Waals surface area contributed by atoms with E-state index in [1.807, 2.05) is 0 Å². The van der Waals surface area contributed by atoms with E-state index in [9.17, 15) is 14.2 Å². The van der Waals surface area contributed by atoms with Gasteiger partial charge in [0.2, 0.25) is 6.33 Å². The van der Waals surface area contributed by atoms with Gasteiger partial charge in [0.15, 0.2) is 0 Å². The van der Waals surface area contributed by atoms with Crippen molar-refractivity contribution in [3.05, 3.63) is 18.7 Å². The zero-order valence-electron chi connectivity index (χ0n) is 12.3. The summed E-state index contributed by atoms with van der Waals surface area (Å²) in [6, 6.07) is 0. The molecule has 5 N–H and O–H groups in total. The molecule has 22 heavy (non-hydrogen) atoms. The lowest BCUT2D eigenvalue weighted by molar-refractivity contribution is -0.697. The molecule has 0 aliphatic rings. The summed E-state index contributed by atoms with van der Waals surface area (Å²) >= 11 is 0. The first-order chi connectivity index (χ1) is 10.0. The molecule has 9 nitrogen and oxygen atoms in total. The standard InChI is InChI=1S/C11H22N2O7P2/c1-2-3-4-5-6-12-7-8-13(10-12)9-11(14,21(15,16)17)22(18,19)20/h7-8,10,14H,2-6,9H2,1H3,(H3-,15,16,17,18,19,20)/p+1. The molecule has 0 amide bonds. The van der Waals surface area contributed by atoms with Crippen molar-refractivity contribution >= 4 is 15.2 Å². The highest BCUT2D eigenvalue weighted by molar-refractivity contribution is 7.72. The molecule has 11 heteroatoms. The van der Waals surface area contributed by atoms with Gasteiger partial charge in [-0.1, -0.05) is 19.8 Å².